The molecule has 2 amide bonds. The van der Waals surface area contributed by atoms with E-state index in [2.05, 4.69) is 15.6 Å². The van der Waals surface area contributed by atoms with Gasteiger partial charge in [0.2, 0.25) is 0 Å². The van der Waals surface area contributed by atoms with E-state index in [1.807, 2.05) is 5.38 Å². The number of nitrogens with zero attached hydrogens (tertiary/aromatic N) is 1. The third-order valence-electron chi connectivity index (χ3n) is 2.89. The Hall–Kier alpha value is -2.41. The van der Waals surface area contributed by atoms with Crippen LogP contribution in [0.3, 0.4) is 0 Å². The Balaban J connectivity index is 1.93. The Morgan fingerprint density at radius 1 is 1.38 bits per heavy atom. The summed E-state index contributed by atoms with van der Waals surface area (Å²) >= 11 is 1.50. The number of carboxylic acid groups (broad SMARTS) is 1. The highest BCUT2D eigenvalue weighted by atomic mass is 32.1. The fraction of sp³-hybridized carbons (Fsp3) is 0.214. The van der Waals surface area contributed by atoms with E-state index in [4.69, 9.17) is 0 Å². The second-order valence-electron chi connectivity index (χ2n) is 4.41. The Kier molecular flexibility index (Phi) is 4.89. The van der Waals surface area contributed by atoms with Gasteiger partial charge < -0.3 is 15.7 Å². The van der Waals surface area contributed by atoms with Crippen LogP contribution in [0.1, 0.15) is 21.6 Å². The number of rotatable bonds is 5. The number of aromatic carboxylic acids is 1. The minimum absolute atomic E-state index is 0.104. The van der Waals surface area contributed by atoms with E-state index in [0.717, 1.165) is 5.69 Å². The molecule has 1 aromatic heterocycles. The molecule has 1 heterocycles. The molecule has 0 aliphatic carbocycles. The van der Waals surface area contributed by atoms with Gasteiger partial charge in [0.25, 0.3) is 0 Å². The first-order chi connectivity index (χ1) is 10.1. The quantitative estimate of drug-likeness (QED) is 0.791. The van der Waals surface area contributed by atoms with Gasteiger partial charge in [0.1, 0.15) is 0 Å². The number of amides is 2. The van der Waals surface area contributed by atoms with E-state index in [1.54, 1.807) is 30.6 Å². The van der Waals surface area contributed by atoms with E-state index >= 15 is 0 Å². The summed E-state index contributed by atoms with van der Waals surface area (Å²) < 4.78 is 0. The number of anilines is 1. The summed E-state index contributed by atoms with van der Waals surface area (Å²) in [7, 11) is 0. The molecule has 21 heavy (non-hydrogen) atoms. The molecule has 0 fully saturated rings. The monoisotopic (exact) mass is 305 g/mol. The molecule has 2 rings (SSSR count). The summed E-state index contributed by atoms with van der Waals surface area (Å²) in [4.78, 5) is 27.1. The van der Waals surface area contributed by atoms with Crippen LogP contribution in [-0.4, -0.2) is 28.6 Å². The average Bonchev–Trinajstić information content (AvgIpc) is 2.91. The number of carboxylic acids is 1. The van der Waals surface area contributed by atoms with Gasteiger partial charge in [-0.1, -0.05) is 12.1 Å². The smallest absolute Gasteiger partial charge is 0.338 e. The number of hydrogen-bond donors (Lipinski definition) is 3. The van der Waals surface area contributed by atoms with Gasteiger partial charge in [0.05, 0.1) is 22.5 Å². The molecule has 0 aliphatic rings. The number of thiazole rings is 1. The van der Waals surface area contributed by atoms with Crippen LogP contribution >= 0.6 is 11.3 Å². The van der Waals surface area contributed by atoms with Crippen molar-refractivity contribution in [2.24, 2.45) is 0 Å². The fourth-order valence-corrected chi connectivity index (χ4v) is 2.48. The average molecular weight is 305 g/mol. The molecule has 0 atom stereocenters. The molecule has 0 spiro atoms. The summed E-state index contributed by atoms with van der Waals surface area (Å²) in [5.74, 6) is -1.06. The lowest BCUT2D eigenvalue weighted by Crippen LogP contribution is -2.31. The largest absolute Gasteiger partial charge is 0.478 e. The van der Waals surface area contributed by atoms with E-state index in [9.17, 15) is 14.7 Å². The Morgan fingerprint density at radius 2 is 2.19 bits per heavy atom. The van der Waals surface area contributed by atoms with Crippen molar-refractivity contribution in [2.75, 3.05) is 11.9 Å². The number of aryl methyl sites for hydroxylation is 1. The normalized spacial score (nSPS) is 10.1. The van der Waals surface area contributed by atoms with Crippen LogP contribution in [0.25, 0.3) is 0 Å². The van der Waals surface area contributed by atoms with Crippen LogP contribution in [0.2, 0.25) is 0 Å². The second kappa shape index (κ2) is 6.85. The standard InChI is InChI=1S/C14H15N3O3S/c1-9-3-2-4-11(12(9)13(18)19)17-14(20)15-6-5-10-7-21-8-16-10/h2-4,7-8H,5-6H2,1H3,(H,18,19)(H2,15,17,20). The summed E-state index contributed by atoms with van der Waals surface area (Å²) in [6, 6.07) is 4.52. The van der Waals surface area contributed by atoms with Crippen molar-refractivity contribution in [3.63, 3.8) is 0 Å². The van der Waals surface area contributed by atoms with Crippen molar-refractivity contribution in [2.45, 2.75) is 13.3 Å². The molecular weight excluding hydrogens is 290 g/mol. The van der Waals surface area contributed by atoms with Gasteiger partial charge in [0, 0.05) is 18.3 Å². The molecule has 1 aromatic carbocycles. The number of urea groups is 1. The van der Waals surface area contributed by atoms with Crippen molar-refractivity contribution in [1.29, 1.82) is 0 Å². The first kappa shape index (κ1) is 15.0. The Bertz CT molecular complexity index is 641. The minimum Gasteiger partial charge on any atom is -0.478 e. The van der Waals surface area contributed by atoms with Gasteiger partial charge >= 0.3 is 12.0 Å². The van der Waals surface area contributed by atoms with Crippen LogP contribution in [-0.2, 0) is 6.42 Å². The zero-order chi connectivity index (χ0) is 15.2. The van der Waals surface area contributed by atoms with Gasteiger partial charge in [-0.15, -0.1) is 11.3 Å². The number of carbonyl (C=O) groups excluding carboxylic acids is 1. The Labute approximate surface area is 125 Å². The highest BCUT2D eigenvalue weighted by Gasteiger charge is 2.14. The maximum absolute atomic E-state index is 11.8. The van der Waals surface area contributed by atoms with E-state index in [1.165, 1.54) is 11.3 Å². The summed E-state index contributed by atoms with van der Waals surface area (Å²) in [5.41, 5.74) is 3.65. The highest BCUT2D eigenvalue weighted by Crippen LogP contribution is 2.19. The van der Waals surface area contributed by atoms with Crippen LogP contribution < -0.4 is 10.6 Å². The molecule has 110 valence electrons. The van der Waals surface area contributed by atoms with Crippen molar-refractivity contribution in [3.05, 3.63) is 45.9 Å². The highest BCUT2D eigenvalue weighted by molar-refractivity contribution is 7.07. The van der Waals surface area contributed by atoms with Crippen molar-refractivity contribution < 1.29 is 14.7 Å². The fourth-order valence-electron chi connectivity index (χ4n) is 1.89. The lowest BCUT2D eigenvalue weighted by atomic mass is 10.1. The van der Waals surface area contributed by atoms with Crippen LogP contribution in [0.4, 0.5) is 10.5 Å². The van der Waals surface area contributed by atoms with Crippen LogP contribution in [0.5, 0.6) is 0 Å². The summed E-state index contributed by atoms with van der Waals surface area (Å²) in [6.45, 7) is 2.12. The van der Waals surface area contributed by atoms with Crippen molar-refractivity contribution in [3.8, 4) is 0 Å². The number of benzene rings is 1. The molecular formula is C14H15N3O3S. The van der Waals surface area contributed by atoms with E-state index < -0.39 is 12.0 Å². The molecule has 2 aromatic rings. The van der Waals surface area contributed by atoms with Gasteiger partial charge in [-0.05, 0) is 18.6 Å². The predicted molar refractivity (Wildman–Crippen MR) is 81.0 cm³/mol. The molecule has 0 radical (unpaired) electrons. The maximum Gasteiger partial charge on any atom is 0.338 e. The SMILES string of the molecule is Cc1cccc(NC(=O)NCCc2cscn2)c1C(=O)O. The van der Waals surface area contributed by atoms with Gasteiger partial charge in [-0.3, -0.25) is 0 Å². The number of aromatic nitrogens is 1. The zero-order valence-corrected chi connectivity index (χ0v) is 12.2. The first-order valence-electron chi connectivity index (χ1n) is 6.32. The zero-order valence-electron chi connectivity index (χ0n) is 11.4. The molecule has 0 unspecified atom stereocenters. The number of nitrogens with one attached hydrogen (secondary N) is 2. The molecule has 3 N–H and O–H groups in total. The van der Waals surface area contributed by atoms with Gasteiger partial charge in [0.15, 0.2) is 0 Å². The van der Waals surface area contributed by atoms with Gasteiger partial charge in [-0.2, -0.15) is 0 Å². The molecule has 6 nitrogen and oxygen atoms in total. The lowest BCUT2D eigenvalue weighted by Gasteiger charge is -2.11. The lowest BCUT2D eigenvalue weighted by molar-refractivity contribution is 0.0697. The predicted octanol–water partition coefficient (Wildman–Crippen LogP) is 2.51. The van der Waals surface area contributed by atoms with Gasteiger partial charge in [-0.25, -0.2) is 14.6 Å². The maximum atomic E-state index is 11.8. The molecule has 7 heteroatoms. The number of hydrogen-bond acceptors (Lipinski definition) is 4. The third kappa shape index (κ3) is 4.03. The van der Waals surface area contributed by atoms with E-state index in [-0.39, 0.29) is 11.3 Å². The second-order valence-corrected chi connectivity index (χ2v) is 5.13. The topological polar surface area (TPSA) is 91.3 Å². The number of carbonyl (C=O) groups is 2. The summed E-state index contributed by atoms with van der Waals surface area (Å²) in [6.07, 6.45) is 0.635. The molecule has 0 saturated carbocycles. The molecule has 0 saturated heterocycles. The van der Waals surface area contributed by atoms with Crippen molar-refractivity contribution >= 4 is 29.0 Å². The minimum atomic E-state index is -1.06. The van der Waals surface area contributed by atoms with Crippen LogP contribution in [0, 0.1) is 6.92 Å². The first-order valence-corrected chi connectivity index (χ1v) is 7.27. The Morgan fingerprint density at radius 3 is 2.86 bits per heavy atom. The molecule has 0 bridgehead atoms. The summed E-state index contributed by atoms with van der Waals surface area (Å²) in [5, 5.41) is 16.3. The third-order valence-corrected chi connectivity index (χ3v) is 3.52. The van der Waals surface area contributed by atoms with Crippen molar-refractivity contribution in [1.82, 2.24) is 10.3 Å². The molecule has 0 aliphatic heterocycles. The van der Waals surface area contributed by atoms with Crippen LogP contribution in [0.15, 0.2) is 29.1 Å². The van der Waals surface area contributed by atoms with E-state index in [0.29, 0.717) is 18.5 Å².